The molecule has 3 nitrogen and oxygen atoms in total. The van der Waals surface area contributed by atoms with Crippen LogP contribution in [0.4, 0.5) is 0 Å². The number of rotatable bonds is 2. The highest BCUT2D eigenvalue weighted by atomic mass is 15.3. The summed E-state index contributed by atoms with van der Waals surface area (Å²) >= 11 is 0. The Morgan fingerprint density at radius 3 is 3.17 bits per heavy atom. The van der Waals surface area contributed by atoms with Crippen molar-refractivity contribution in [1.82, 2.24) is 9.78 Å². The number of nitrogens with zero attached hydrogens (tertiary/aromatic N) is 3. The van der Waals surface area contributed by atoms with E-state index in [1.807, 2.05) is 47.3 Å². The maximum absolute atomic E-state index is 8.88. The Bertz CT molecular complexity index is 735. The van der Waals surface area contributed by atoms with E-state index in [1.165, 1.54) is 0 Å². The van der Waals surface area contributed by atoms with Gasteiger partial charge in [-0.05, 0) is 29.8 Å². The fourth-order valence-corrected chi connectivity index (χ4v) is 2.00. The van der Waals surface area contributed by atoms with E-state index in [1.54, 1.807) is 6.07 Å². The summed E-state index contributed by atoms with van der Waals surface area (Å²) in [5.74, 6) is 0. The molecule has 0 saturated heterocycles. The van der Waals surface area contributed by atoms with Crippen LogP contribution in [0.25, 0.3) is 10.9 Å². The maximum Gasteiger partial charge on any atom is 0.0991 e. The van der Waals surface area contributed by atoms with Crippen molar-refractivity contribution in [3.05, 3.63) is 65.9 Å². The van der Waals surface area contributed by atoms with Crippen molar-refractivity contribution in [3.63, 3.8) is 0 Å². The van der Waals surface area contributed by atoms with Gasteiger partial charge in [-0.3, -0.25) is 4.68 Å². The first-order valence-electron chi connectivity index (χ1n) is 5.67. The van der Waals surface area contributed by atoms with Gasteiger partial charge in [-0.1, -0.05) is 24.3 Å². The summed E-state index contributed by atoms with van der Waals surface area (Å²) in [7, 11) is 0. The van der Waals surface area contributed by atoms with Gasteiger partial charge in [0.05, 0.1) is 29.9 Å². The third-order valence-corrected chi connectivity index (χ3v) is 2.88. The minimum atomic E-state index is 0.664. The molecule has 1 radical (unpaired) electrons. The molecule has 2 aromatic carbocycles. The zero-order valence-electron chi connectivity index (χ0n) is 9.67. The third-order valence-electron chi connectivity index (χ3n) is 2.88. The van der Waals surface area contributed by atoms with Crippen molar-refractivity contribution in [2.24, 2.45) is 0 Å². The largest absolute Gasteiger partial charge is 0.260 e. The Morgan fingerprint density at radius 1 is 1.33 bits per heavy atom. The van der Waals surface area contributed by atoms with Crippen LogP contribution in [-0.2, 0) is 6.54 Å². The zero-order chi connectivity index (χ0) is 12.4. The first-order valence-corrected chi connectivity index (χ1v) is 5.67. The van der Waals surface area contributed by atoms with E-state index >= 15 is 0 Å². The van der Waals surface area contributed by atoms with Gasteiger partial charge in [0.1, 0.15) is 0 Å². The Labute approximate surface area is 105 Å². The number of nitriles is 1. The van der Waals surface area contributed by atoms with Crippen LogP contribution in [0.2, 0.25) is 0 Å². The summed E-state index contributed by atoms with van der Waals surface area (Å²) in [6, 6.07) is 18.6. The molecule has 1 heterocycles. The molecule has 0 unspecified atom stereocenters. The van der Waals surface area contributed by atoms with Gasteiger partial charge in [0.15, 0.2) is 0 Å². The average molecular weight is 232 g/mol. The van der Waals surface area contributed by atoms with Crippen LogP contribution >= 0.6 is 0 Å². The number of aromatic nitrogens is 2. The monoisotopic (exact) mass is 232 g/mol. The molecular formula is C15H10N3. The Hall–Kier alpha value is -2.60. The topological polar surface area (TPSA) is 41.6 Å². The van der Waals surface area contributed by atoms with Crippen molar-refractivity contribution >= 4 is 10.9 Å². The predicted molar refractivity (Wildman–Crippen MR) is 68.8 cm³/mol. The minimum absolute atomic E-state index is 0.664. The van der Waals surface area contributed by atoms with E-state index in [0.717, 1.165) is 16.5 Å². The van der Waals surface area contributed by atoms with Gasteiger partial charge >= 0.3 is 0 Å². The van der Waals surface area contributed by atoms with Crippen molar-refractivity contribution in [3.8, 4) is 6.07 Å². The summed E-state index contributed by atoms with van der Waals surface area (Å²) in [6.07, 6.45) is 1.84. The SMILES string of the molecule is N#Cc1cccc(Cn2ncc3cc[c]cc32)c1. The second-order valence-electron chi connectivity index (χ2n) is 4.10. The molecule has 0 aliphatic heterocycles. The number of benzene rings is 2. The van der Waals surface area contributed by atoms with Crippen molar-refractivity contribution in [2.45, 2.75) is 6.54 Å². The van der Waals surface area contributed by atoms with Crippen molar-refractivity contribution < 1.29 is 0 Å². The van der Waals surface area contributed by atoms with Crippen molar-refractivity contribution in [1.29, 1.82) is 5.26 Å². The molecule has 0 N–H and O–H groups in total. The summed E-state index contributed by atoms with van der Waals surface area (Å²) in [5, 5.41) is 14.3. The smallest absolute Gasteiger partial charge is 0.0991 e. The first kappa shape index (κ1) is 10.5. The molecule has 0 amide bonds. The molecule has 3 aromatic rings. The standard InChI is InChI=1S/C15H10N3/c16-9-12-4-3-5-13(8-12)11-18-15-7-2-1-6-14(15)10-17-18/h1,3-8,10H,11H2. The number of hydrogen-bond acceptors (Lipinski definition) is 2. The van der Waals surface area contributed by atoms with Gasteiger partial charge in [-0.25, -0.2) is 0 Å². The lowest BCUT2D eigenvalue weighted by molar-refractivity contribution is 0.712. The Balaban J connectivity index is 1.99. The Kier molecular flexibility index (Phi) is 2.54. The fourth-order valence-electron chi connectivity index (χ4n) is 2.00. The van der Waals surface area contributed by atoms with E-state index in [4.69, 9.17) is 5.26 Å². The van der Waals surface area contributed by atoms with Crippen LogP contribution < -0.4 is 0 Å². The van der Waals surface area contributed by atoms with Crippen LogP contribution in [-0.4, -0.2) is 9.78 Å². The van der Waals surface area contributed by atoms with Gasteiger partial charge in [0, 0.05) is 5.39 Å². The summed E-state index contributed by atoms with van der Waals surface area (Å²) < 4.78 is 1.92. The van der Waals surface area contributed by atoms with E-state index in [2.05, 4.69) is 17.2 Å². The highest BCUT2D eigenvalue weighted by molar-refractivity contribution is 5.78. The quantitative estimate of drug-likeness (QED) is 0.681. The summed E-state index contributed by atoms with van der Waals surface area (Å²) in [6.45, 7) is 0.664. The summed E-state index contributed by atoms with van der Waals surface area (Å²) in [4.78, 5) is 0. The van der Waals surface area contributed by atoms with Crippen LogP contribution in [0.3, 0.4) is 0 Å². The molecular weight excluding hydrogens is 222 g/mol. The molecule has 0 bridgehead atoms. The molecule has 1 aromatic heterocycles. The minimum Gasteiger partial charge on any atom is -0.260 e. The van der Waals surface area contributed by atoms with E-state index in [-0.39, 0.29) is 0 Å². The normalized spacial score (nSPS) is 10.4. The first-order chi connectivity index (χ1) is 8.86. The predicted octanol–water partition coefficient (Wildman–Crippen LogP) is 2.76. The van der Waals surface area contributed by atoms with Gasteiger partial charge in [0.25, 0.3) is 0 Å². The zero-order valence-corrected chi connectivity index (χ0v) is 9.67. The van der Waals surface area contributed by atoms with Gasteiger partial charge in [-0.2, -0.15) is 10.4 Å². The Morgan fingerprint density at radius 2 is 2.28 bits per heavy atom. The molecule has 85 valence electrons. The third kappa shape index (κ3) is 1.85. The van der Waals surface area contributed by atoms with Crippen LogP contribution in [0.15, 0.2) is 48.7 Å². The van der Waals surface area contributed by atoms with E-state index in [9.17, 15) is 0 Å². The lowest BCUT2D eigenvalue weighted by Crippen LogP contribution is -2.01. The average Bonchev–Trinajstić information content (AvgIpc) is 2.83. The second kappa shape index (κ2) is 4.34. The van der Waals surface area contributed by atoms with Gasteiger partial charge < -0.3 is 0 Å². The summed E-state index contributed by atoms with van der Waals surface area (Å²) in [5.41, 5.74) is 2.80. The van der Waals surface area contributed by atoms with Crippen LogP contribution in [0.1, 0.15) is 11.1 Å². The van der Waals surface area contributed by atoms with Crippen molar-refractivity contribution in [2.75, 3.05) is 0 Å². The number of fused-ring (bicyclic) bond motifs is 1. The molecule has 0 atom stereocenters. The van der Waals surface area contributed by atoms with Crippen LogP contribution in [0.5, 0.6) is 0 Å². The fraction of sp³-hybridized carbons (Fsp3) is 0.0667. The second-order valence-corrected chi connectivity index (χ2v) is 4.10. The number of hydrogen-bond donors (Lipinski definition) is 0. The lowest BCUT2D eigenvalue weighted by atomic mass is 10.1. The highest BCUT2D eigenvalue weighted by Gasteiger charge is 2.03. The van der Waals surface area contributed by atoms with Gasteiger partial charge in [-0.15, -0.1) is 0 Å². The molecule has 0 saturated carbocycles. The molecule has 0 aliphatic carbocycles. The molecule has 3 heteroatoms. The van der Waals surface area contributed by atoms with Gasteiger partial charge in [0.2, 0.25) is 0 Å². The molecule has 0 spiro atoms. The lowest BCUT2D eigenvalue weighted by Gasteiger charge is -2.04. The highest BCUT2D eigenvalue weighted by Crippen LogP contribution is 2.14. The van der Waals surface area contributed by atoms with E-state index in [0.29, 0.717) is 12.1 Å². The molecule has 3 rings (SSSR count). The van der Waals surface area contributed by atoms with Crippen LogP contribution in [0, 0.1) is 17.4 Å². The maximum atomic E-state index is 8.88. The molecule has 0 fully saturated rings. The van der Waals surface area contributed by atoms with E-state index < -0.39 is 0 Å². The molecule has 18 heavy (non-hydrogen) atoms. The molecule has 0 aliphatic rings.